The summed E-state index contributed by atoms with van der Waals surface area (Å²) in [6.07, 6.45) is 6.46. The van der Waals surface area contributed by atoms with Crippen LogP contribution in [0.2, 0.25) is 0 Å². The first-order chi connectivity index (χ1) is 13.2. The lowest BCUT2D eigenvalue weighted by molar-refractivity contribution is 0.122. The Balaban J connectivity index is 1.35. The van der Waals surface area contributed by atoms with Gasteiger partial charge in [-0.2, -0.15) is 0 Å². The predicted octanol–water partition coefficient (Wildman–Crippen LogP) is 3.19. The van der Waals surface area contributed by atoms with Crippen LogP contribution in [0.25, 0.3) is 10.9 Å². The number of likely N-dealkylation sites (N-methyl/N-ethyl adjacent to an activating group) is 1. The van der Waals surface area contributed by atoms with Crippen LogP contribution in [0.3, 0.4) is 0 Å². The number of hydrogen-bond acceptors (Lipinski definition) is 3. The Morgan fingerprint density at radius 2 is 2.00 bits per heavy atom. The molecule has 27 heavy (non-hydrogen) atoms. The molecule has 2 aliphatic heterocycles. The van der Waals surface area contributed by atoms with Crippen LogP contribution in [0.1, 0.15) is 25.7 Å². The van der Waals surface area contributed by atoms with Crippen LogP contribution < -0.4 is 5.32 Å². The quantitative estimate of drug-likeness (QED) is 0.870. The molecule has 0 spiro atoms. The summed E-state index contributed by atoms with van der Waals surface area (Å²) in [5, 5.41) is 4.24. The summed E-state index contributed by atoms with van der Waals surface area (Å²) in [4.78, 5) is 23.1. The molecule has 0 saturated carbocycles. The number of nitrogens with zero attached hydrogens (tertiary/aromatic N) is 3. The molecule has 1 aromatic heterocycles. The van der Waals surface area contributed by atoms with Crippen molar-refractivity contribution in [2.45, 2.75) is 31.7 Å². The molecule has 0 radical (unpaired) electrons. The van der Waals surface area contributed by atoms with Crippen molar-refractivity contribution >= 4 is 22.6 Å². The van der Waals surface area contributed by atoms with Gasteiger partial charge in [0, 0.05) is 68.1 Å². The van der Waals surface area contributed by atoms with E-state index in [1.165, 1.54) is 6.42 Å². The number of benzene rings is 1. The zero-order chi connectivity index (χ0) is 18.6. The van der Waals surface area contributed by atoms with Crippen molar-refractivity contribution in [3.8, 4) is 0 Å². The maximum absolute atomic E-state index is 12.9. The average molecular weight is 370 g/mol. The third kappa shape index (κ3) is 4.45. The summed E-state index contributed by atoms with van der Waals surface area (Å²) in [7, 11) is 2.19. The van der Waals surface area contributed by atoms with E-state index in [0.29, 0.717) is 6.04 Å². The summed E-state index contributed by atoms with van der Waals surface area (Å²) in [6.45, 7) is 6.55. The number of piperidine rings is 1. The Morgan fingerprint density at radius 1 is 1.15 bits per heavy atom. The lowest BCUT2D eigenvalue weighted by Crippen LogP contribution is -2.49. The first kappa shape index (κ1) is 18.3. The zero-order valence-corrected chi connectivity index (χ0v) is 16.3. The number of anilines is 1. The van der Waals surface area contributed by atoms with Gasteiger partial charge in [-0.1, -0.05) is 0 Å². The molecule has 1 unspecified atom stereocenters. The number of aromatic nitrogens is 1. The number of likely N-dealkylation sites (tertiary alicyclic amines) is 1. The minimum absolute atomic E-state index is 0.0490. The molecule has 2 saturated heterocycles. The Kier molecular flexibility index (Phi) is 5.64. The first-order valence-electron chi connectivity index (χ1n) is 10.2. The van der Waals surface area contributed by atoms with Gasteiger partial charge in [0.15, 0.2) is 0 Å². The number of H-pyrrole nitrogens is 1. The van der Waals surface area contributed by atoms with Gasteiger partial charge in [-0.15, -0.1) is 0 Å². The molecular weight excluding hydrogens is 338 g/mol. The third-order valence-electron chi connectivity index (χ3n) is 6.07. The van der Waals surface area contributed by atoms with Gasteiger partial charge >= 0.3 is 6.03 Å². The molecule has 2 N–H and O–H groups in total. The lowest BCUT2D eigenvalue weighted by Gasteiger charge is -2.38. The average Bonchev–Trinajstić information content (AvgIpc) is 3.15. The van der Waals surface area contributed by atoms with E-state index in [1.807, 2.05) is 30.5 Å². The second-order valence-electron chi connectivity index (χ2n) is 7.99. The fraction of sp³-hybridized carbons (Fsp3) is 0.571. The maximum atomic E-state index is 12.9. The molecule has 146 valence electrons. The highest BCUT2D eigenvalue weighted by molar-refractivity contribution is 5.93. The highest BCUT2D eigenvalue weighted by Gasteiger charge is 2.27. The Bertz CT molecular complexity index is 765. The molecule has 2 fully saturated rings. The number of carbonyl (C=O) groups is 1. The van der Waals surface area contributed by atoms with E-state index in [4.69, 9.17) is 0 Å². The van der Waals surface area contributed by atoms with E-state index in [0.717, 1.165) is 75.1 Å². The SMILES string of the molecule is CN1CCN(CCC2CCCCN2C(=O)Nc2ccc3[nH]ccc3c2)CC1. The zero-order valence-electron chi connectivity index (χ0n) is 16.3. The summed E-state index contributed by atoms with van der Waals surface area (Å²) >= 11 is 0. The van der Waals surface area contributed by atoms with E-state index >= 15 is 0 Å². The first-order valence-corrected chi connectivity index (χ1v) is 10.2. The second-order valence-corrected chi connectivity index (χ2v) is 7.99. The van der Waals surface area contributed by atoms with Crippen LogP contribution in [0, 0.1) is 0 Å². The van der Waals surface area contributed by atoms with Crippen molar-refractivity contribution in [2.24, 2.45) is 0 Å². The van der Waals surface area contributed by atoms with Crippen molar-refractivity contribution in [2.75, 3.05) is 51.6 Å². The van der Waals surface area contributed by atoms with Crippen molar-refractivity contribution < 1.29 is 4.79 Å². The normalized spacial score (nSPS) is 22.3. The van der Waals surface area contributed by atoms with Crippen LogP contribution >= 0.6 is 0 Å². The number of fused-ring (bicyclic) bond motifs is 1. The number of carbonyl (C=O) groups excluding carboxylic acids is 1. The molecule has 1 atom stereocenters. The maximum Gasteiger partial charge on any atom is 0.322 e. The smallest absolute Gasteiger partial charge is 0.322 e. The second kappa shape index (κ2) is 8.31. The highest BCUT2D eigenvalue weighted by atomic mass is 16.2. The molecule has 0 aliphatic carbocycles. The lowest BCUT2D eigenvalue weighted by atomic mass is 9.99. The standard InChI is InChI=1S/C21H31N5O/c1-24-12-14-25(15-13-24)11-8-19-4-2-3-10-26(19)21(27)23-18-5-6-20-17(16-18)7-9-22-20/h5-7,9,16,19,22H,2-4,8,10-15H2,1H3,(H,23,27). The Hall–Kier alpha value is -2.05. The fourth-order valence-corrected chi connectivity index (χ4v) is 4.30. The minimum Gasteiger partial charge on any atom is -0.361 e. The van der Waals surface area contributed by atoms with E-state index in [1.54, 1.807) is 0 Å². The van der Waals surface area contributed by atoms with Gasteiger partial charge in [-0.25, -0.2) is 4.79 Å². The van der Waals surface area contributed by atoms with Crippen LogP contribution in [0.15, 0.2) is 30.5 Å². The number of urea groups is 1. The van der Waals surface area contributed by atoms with Crippen molar-refractivity contribution in [1.29, 1.82) is 0 Å². The fourth-order valence-electron chi connectivity index (χ4n) is 4.30. The van der Waals surface area contributed by atoms with Gasteiger partial charge in [-0.05, 0) is 57.0 Å². The molecule has 0 bridgehead atoms. The molecular formula is C21H31N5O. The van der Waals surface area contributed by atoms with Gasteiger partial charge in [0.1, 0.15) is 0 Å². The number of rotatable bonds is 4. The molecule has 2 amide bonds. The Labute approximate surface area is 161 Å². The van der Waals surface area contributed by atoms with Crippen LogP contribution in [-0.4, -0.2) is 78.1 Å². The van der Waals surface area contributed by atoms with Crippen molar-refractivity contribution in [3.63, 3.8) is 0 Å². The molecule has 2 aliphatic rings. The summed E-state index contributed by atoms with van der Waals surface area (Å²) in [5.74, 6) is 0. The molecule has 4 rings (SSSR count). The predicted molar refractivity (Wildman–Crippen MR) is 110 cm³/mol. The number of hydrogen-bond donors (Lipinski definition) is 2. The van der Waals surface area contributed by atoms with Crippen LogP contribution in [0.4, 0.5) is 10.5 Å². The topological polar surface area (TPSA) is 54.6 Å². The van der Waals surface area contributed by atoms with E-state index in [-0.39, 0.29) is 6.03 Å². The number of aromatic amines is 1. The Morgan fingerprint density at radius 3 is 2.85 bits per heavy atom. The van der Waals surface area contributed by atoms with Gasteiger partial charge in [0.2, 0.25) is 0 Å². The van der Waals surface area contributed by atoms with E-state index in [2.05, 4.69) is 32.0 Å². The van der Waals surface area contributed by atoms with Crippen molar-refractivity contribution in [1.82, 2.24) is 19.7 Å². The summed E-state index contributed by atoms with van der Waals surface area (Å²) < 4.78 is 0. The molecule has 3 heterocycles. The monoisotopic (exact) mass is 369 g/mol. The molecule has 6 heteroatoms. The summed E-state index contributed by atoms with van der Waals surface area (Å²) in [6, 6.07) is 8.46. The van der Waals surface area contributed by atoms with Gasteiger partial charge in [0.25, 0.3) is 0 Å². The largest absolute Gasteiger partial charge is 0.361 e. The van der Waals surface area contributed by atoms with Gasteiger partial charge < -0.3 is 25.0 Å². The number of nitrogens with one attached hydrogen (secondary N) is 2. The number of amides is 2. The molecule has 1 aromatic carbocycles. The van der Waals surface area contributed by atoms with Gasteiger partial charge in [-0.3, -0.25) is 0 Å². The van der Waals surface area contributed by atoms with E-state index < -0.39 is 0 Å². The summed E-state index contributed by atoms with van der Waals surface area (Å²) in [5.41, 5.74) is 1.96. The highest BCUT2D eigenvalue weighted by Crippen LogP contribution is 2.23. The molecule has 6 nitrogen and oxygen atoms in total. The third-order valence-corrected chi connectivity index (χ3v) is 6.07. The number of piperazine rings is 1. The van der Waals surface area contributed by atoms with Crippen LogP contribution in [0.5, 0.6) is 0 Å². The van der Waals surface area contributed by atoms with E-state index in [9.17, 15) is 4.79 Å². The molecule has 2 aromatic rings. The minimum atomic E-state index is 0.0490. The van der Waals surface area contributed by atoms with Crippen molar-refractivity contribution in [3.05, 3.63) is 30.5 Å². The van der Waals surface area contributed by atoms with Crippen LogP contribution in [-0.2, 0) is 0 Å². The van der Waals surface area contributed by atoms with Gasteiger partial charge in [0.05, 0.1) is 0 Å².